The van der Waals surface area contributed by atoms with Gasteiger partial charge in [0.2, 0.25) is 0 Å². The third-order valence-electron chi connectivity index (χ3n) is 3.50. The van der Waals surface area contributed by atoms with Gasteiger partial charge in [0.25, 0.3) is 0 Å². The van der Waals surface area contributed by atoms with Gasteiger partial charge in [0.1, 0.15) is 4.88 Å². The normalized spacial score (nSPS) is 10.9. The predicted octanol–water partition coefficient (Wildman–Crippen LogP) is 4.41. The van der Waals surface area contributed by atoms with Crippen LogP contribution in [0.25, 0.3) is 20.9 Å². The molecule has 0 amide bonds. The van der Waals surface area contributed by atoms with Crippen molar-refractivity contribution in [1.29, 1.82) is 0 Å². The van der Waals surface area contributed by atoms with Gasteiger partial charge in [-0.05, 0) is 36.8 Å². The van der Waals surface area contributed by atoms with Crippen molar-refractivity contribution in [2.45, 2.75) is 13.8 Å². The highest BCUT2D eigenvalue weighted by Crippen LogP contribution is 2.35. The number of ether oxygens (including phenoxy) is 2. The number of benzene rings is 2. The molecule has 1 aromatic heterocycles. The Hall–Kier alpha value is -2.40. The van der Waals surface area contributed by atoms with Crippen LogP contribution in [0.15, 0.2) is 36.4 Å². The summed E-state index contributed by atoms with van der Waals surface area (Å²) < 4.78 is 11.1. The first-order chi connectivity index (χ1) is 11.2. The van der Waals surface area contributed by atoms with Gasteiger partial charge in [0.15, 0.2) is 0 Å². The predicted molar refractivity (Wildman–Crippen MR) is 91.2 cm³/mol. The molecule has 0 saturated carbocycles. The first-order valence-corrected chi connectivity index (χ1v) is 8.26. The second-order valence-electron chi connectivity index (χ2n) is 4.94. The number of esters is 2. The minimum atomic E-state index is -0.489. The van der Waals surface area contributed by atoms with E-state index in [9.17, 15) is 9.59 Å². The Morgan fingerprint density at radius 1 is 0.957 bits per heavy atom. The molecule has 118 valence electrons. The van der Waals surface area contributed by atoms with Gasteiger partial charge in [-0.3, -0.25) is 0 Å². The first-order valence-electron chi connectivity index (χ1n) is 7.45. The number of carbonyl (C=O) groups excluding carboxylic acids is 2. The first kappa shape index (κ1) is 15.5. The van der Waals surface area contributed by atoms with E-state index in [-0.39, 0.29) is 13.2 Å². The molecule has 1 heterocycles. The molecule has 4 nitrogen and oxygen atoms in total. The van der Waals surface area contributed by atoms with Crippen molar-refractivity contribution in [3.05, 3.63) is 46.8 Å². The fourth-order valence-corrected chi connectivity index (χ4v) is 3.64. The van der Waals surface area contributed by atoms with Crippen LogP contribution in [0, 0.1) is 0 Å². The van der Waals surface area contributed by atoms with E-state index in [0.29, 0.717) is 10.4 Å². The molecular formula is C18H16O4S. The van der Waals surface area contributed by atoms with E-state index < -0.39 is 11.9 Å². The molecule has 0 unspecified atom stereocenters. The number of hydrogen-bond acceptors (Lipinski definition) is 5. The molecule has 0 spiro atoms. The lowest BCUT2D eigenvalue weighted by molar-refractivity contribution is 0.0485. The topological polar surface area (TPSA) is 52.6 Å². The van der Waals surface area contributed by atoms with Gasteiger partial charge in [-0.25, -0.2) is 9.59 Å². The molecule has 0 N–H and O–H groups in total. The lowest BCUT2D eigenvalue weighted by Gasteiger charge is -2.04. The van der Waals surface area contributed by atoms with E-state index in [2.05, 4.69) is 0 Å². The zero-order valence-corrected chi connectivity index (χ0v) is 13.7. The quantitative estimate of drug-likeness (QED) is 0.666. The van der Waals surface area contributed by atoms with Crippen LogP contribution >= 0.6 is 11.3 Å². The van der Waals surface area contributed by atoms with E-state index in [1.165, 1.54) is 11.3 Å². The number of thiophene rings is 1. The van der Waals surface area contributed by atoms with Crippen molar-refractivity contribution in [3.8, 4) is 0 Å². The van der Waals surface area contributed by atoms with E-state index >= 15 is 0 Å². The third kappa shape index (κ3) is 2.80. The molecule has 3 rings (SSSR count). The van der Waals surface area contributed by atoms with Gasteiger partial charge in [-0.1, -0.05) is 24.3 Å². The van der Waals surface area contributed by atoms with Crippen molar-refractivity contribution in [1.82, 2.24) is 0 Å². The minimum Gasteiger partial charge on any atom is -0.462 e. The Morgan fingerprint density at radius 3 is 2.22 bits per heavy atom. The van der Waals surface area contributed by atoms with Gasteiger partial charge in [0, 0.05) is 10.1 Å². The molecule has 0 aliphatic heterocycles. The Morgan fingerprint density at radius 2 is 1.57 bits per heavy atom. The SMILES string of the molecule is CCOC(=O)c1sc2cc3ccccc3cc2c1C(=O)OCC. The molecule has 5 heteroatoms. The second kappa shape index (κ2) is 6.38. The molecule has 0 aliphatic rings. The average Bonchev–Trinajstić information content (AvgIpc) is 2.91. The molecule has 2 aromatic carbocycles. The summed E-state index contributed by atoms with van der Waals surface area (Å²) in [6.45, 7) is 4.00. The summed E-state index contributed by atoms with van der Waals surface area (Å²) in [5.74, 6) is -0.974. The van der Waals surface area contributed by atoms with Gasteiger partial charge in [-0.15, -0.1) is 11.3 Å². The average molecular weight is 328 g/mol. The number of rotatable bonds is 4. The second-order valence-corrected chi connectivity index (χ2v) is 5.99. The van der Waals surface area contributed by atoms with Crippen LogP contribution in [0.3, 0.4) is 0 Å². The van der Waals surface area contributed by atoms with E-state index in [4.69, 9.17) is 9.47 Å². The molecule has 0 saturated heterocycles. The van der Waals surface area contributed by atoms with Gasteiger partial charge in [-0.2, -0.15) is 0 Å². The van der Waals surface area contributed by atoms with Crippen LogP contribution < -0.4 is 0 Å². The standard InChI is InChI=1S/C18H16O4S/c1-3-21-17(19)15-13-9-11-7-5-6-8-12(11)10-14(13)23-16(15)18(20)22-4-2/h5-10H,3-4H2,1-2H3. The van der Waals surface area contributed by atoms with Crippen LogP contribution in [0.5, 0.6) is 0 Å². The lowest BCUT2D eigenvalue weighted by atomic mass is 10.1. The van der Waals surface area contributed by atoms with Crippen LogP contribution in [-0.2, 0) is 9.47 Å². The van der Waals surface area contributed by atoms with Crippen LogP contribution in [-0.4, -0.2) is 25.2 Å². The number of fused-ring (bicyclic) bond motifs is 2. The van der Waals surface area contributed by atoms with E-state index in [1.807, 2.05) is 36.4 Å². The van der Waals surface area contributed by atoms with Gasteiger partial charge >= 0.3 is 11.9 Å². The van der Waals surface area contributed by atoms with Crippen molar-refractivity contribution in [2.75, 3.05) is 13.2 Å². The summed E-state index contributed by atoms with van der Waals surface area (Å²) in [6, 6.07) is 11.8. The zero-order valence-electron chi connectivity index (χ0n) is 12.9. The van der Waals surface area contributed by atoms with Crippen molar-refractivity contribution in [2.24, 2.45) is 0 Å². The Kier molecular flexibility index (Phi) is 4.30. The summed E-state index contributed by atoms with van der Waals surface area (Å²) in [6.07, 6.45) is 0. The van der Waals surface area contributed by atoms with Crippen molar-refractivity contribution < 1.29 is 19.1 Å². The smallest absolute Gasteiger partial charge is 0.349 e. The molecule has 3 aromatic rings. The molecule has 0 atom stereocenters. The Balaban J connectivity index is 2.28. The Labute approximate surface area is 137 Å². The Bertz CT molecular complexity index is 895. The van der Waals surface area contributed by atoms with Gasteiger partial charge in [0.05, 0.1) is 18.8 Å². The van der Waals surface area contributed by atoms with Gasteiger partial charge < -0.3 is 9.47 Å². The van der Waals surface area contributed by atoms with Crippen LogP contribution in [0.2, 0.25) is 0 Å². The maximum Gasteiger partial charge on any atom is 0.349 e. The highest BCUT2D eigenvalue weighted by atomic mass is 32.1. The molecule has 0 radical (unpaired) electrons. The monoisotopic (exact) mass is 328 g/mol. The summed E-state index contributed by atoms with van der Waals surface area (Å²) in [5, 5.41) is 2.81. The minimum absolute atomic E-state index is 0.256. The summed E-state index contributed by atoms with van der Waals surface area (Å²) in [4.78, 5) is 24.9. The fourth-order valence-electron chi connectivity index (χ4n) is 2.53. The molecule has 0 fully saturated rings. The maximum absolute atomic E-state index is 12.4. The molecule has 0 aliphatic carbocycles. The van der Waals surface area contributed by atoms with E-state index in [0.717, 1.165) is 20.9 Å². The largest absolute Gasteiger partial charge is 0.462 e. The molecule has 23 heavy (non-hydrogen) atoms. The summed E-state index contributed by atoms with van der Waals surface area (Å²) >= 11 is 1.27. The molecule has 0 bridgehead atoms. The fraction of sp³-hybridized carbons (Fsp3) is 0.222. The van der Waals surface area contributed by atoms with E-state index in [1.54, 1.807) is 13.8 Å². The number of hydrogen-bond donors (Lipinski definition) is 0. The van der Waals surface area contributed by atoms with Crippen LogP contribution in [0.1, 0.15) is 33.9 Å². The highest BCUT2D eigenvalue weighted by Gasteiger charge is 2.25. The van der Waals surface area contributed by atoms with Crippen molar-refractivity contribution in [3.63, 3.8) is 0 Å². The molecular weight excluding hydrogens is 312 g/mol. The van der Waals surface area contributed by atoms with Crippen molar-refractivity contribution >= 4 is 44.1 Å². The lowest BCUT2D eigenvalue weighted by Crippen LogP contribution is -2.11. The zero-order chi connectivity index (χ0) is 16.4. The summed E-state index contributed by atoms with van der Waals surface area (Å²) in [5.41, 5.74) is 0.302. The third-order valence-corrected chi connectivity index (χ3v) is 4.63. The van der Waals surface area contributed by atoms with Crippen LogP contribution in [0.4, 0.5) is 0 Å². The summed E-state index contributed by atoms with van der Waals surface area (Å²) in [7, 11) is 0. The number of carbonyl (C=O) groups is 2. The highest BCUT2D eigenvalue weighted by molar-refractivity contribution is 7.21. The maximum atomic E-state index is 12.4.